The number of hydrogen-bond donors (Lipinski definition) is 2. The summed E-state index contributed by atoms with van der Waals surface area (Å²) in [5, 5.41) is 11.9. The summed E-state index contributed by atoms with van der Waals surface area (Å²) in [6, 6.07) is -0.925. The molecule has 0 radical (unpaired) electrons. The molecule has 0 saturated carbocycles. The van der Waals surface area contributed by atoms with E-state index >= 15 is 0 Å². The molecule has 5 nitrogen and oxygen atoms in total. The molecule has 5 heteroatoms. The third kappa shape index (κ3) is 5.12. The van der Waals surface area contributed by atoms with Crippen LogP contribution in [0.1, 0.15) is 52.9 Å². The number of carboxylic acids is 1. The Morgan fingerprint density at radius 1 is 1.35 bits per heavy atom. The van der Waals surface area contributed by atoms with Gasteiger partial charge in [-0.15, -0.1) is 0 Å². The predicted octanol–water partition coefficient (Wildman–Crippen LogP) is 1.87. The lowest BCUT2D eigenvalue weighted by Gasteiger charge is -2.35. The van der Waals surface area contributed by atoms with Gasteiger partial charge in [-0.3, -0.25) is 9.69 Å². The largest absolute Gasteiger partial charge is 0.480 e. The summed E-state index contributed by atoms with van der Waals surface area (Å²) in [6.45, 7) is 7.87. The maximum absolute atomic E-state index is 12.4. The number of hydrogen-bond acceptors (Lipinski definition) is 3. The van der Waals surface area contributed by atoms with E-state index < -0.39 is 12.0 Å². The summed E-state index contributed by atoms with van der Waals surface area (Å²) in [5.41, 5.74) is 0. The van der Waals surface area contributed by atoms with Gasteiger partial charge in [-0.1, -0.05) is 27.2 Å². The zero-order chi connectivity index (χ0) is 15.1. The SMILES string of the molecule is CCCN1CCCCC1C(=O)N[C@H](CC(C)C)C(=O)O. The lowest BCUT2D eigenvalue weighted by molar-refractivity contribution is -0.143. The van der Waals surface area contributed by atoms with Crippen molar-refractivity contribution < 1.29 is 14.7 Å². The van der Waals surface area contributed by atoms with E-state index in [0.29, 0.717) is 6.42 Å². The molecule has 116 valence electrons. The van der Waals surface area contributed by atoms with Crippen molar-refractivity contribution in [1.29, 1.82) is 0 Å². The maximum Gasteiger partial charge on any atom is 0.326 e. The second kappa shape index (κ2) is 8.25. The van der Waals surface area contributed by atoms with Crippen molar-refractivity contribution in [1.82, 2.24) is 10.2 Å². The highest BCUT2D eigenvalue weighted by Gasteiger charge is 2.31. The molecule has 20 heavy (non-hydrogen) atoms. The molecule has 0 aliphatic carbocycles. The Morgan fingerprint density at radius 2 is 2.05 bits per heavy atom. The Bertz CT molecular complexity index is 329. The molecule has 2 atom stereocenters. The van der Waals surface area contributed by atoms with Crippen molar-refractivity contribution >= 4 is 11.9 Å². The highest BCUT2D eigenvalue weighted by Crippen LogP contribution is 2.18. The predicted molar refractivity (Wildman–Crippen MR) is 78.5 cm³/mol. The number of nitrogens with one attached hydrogen (secondary N) is 1. The summed E-state index contributed by atoms with van der Waals surface area (Å²) >= 11 is 0. The fourth-order valence-electron chi connectivity index (χ4n) is 2.80. The number of piperidine rings is 1. The molecule has 1 heterocycles. The van der Waals surface area contributed by atoms with Crippen LogP contribution in [0.2, 0.25) is 0 Å². The zero-order valence-electron chi connectivity index (χ0n) is 12.9. The van der Waals surface area contributed by atoms with E-state index in [1.165, 1.54) is 0 Å². The van der Waals surface area contributed by atoms with Gasteiger partial charge < -0.3 is 10.4 Å². The Morgan fingerprint density at radius 3 is 2.60 bits per heavy atom. The molecule has 1 aliphatic heterocycles. The van der Waals surface area contributed by atoms with Gasteiger partial charge in [0, 0.05) is 0 Å². The molecule has 0 bridgehead atoms. The minimum Gasteiger partial charge on any atom is -0.480 e. The number of rotatable bonds is 7. The Hall–Kier alpha value is -1.10. The number of carbonyl (C=O) groups is 2. The fraction of sp³-hybridized carbons (Fsp3) is 0.867. The minimum atomic E-state index is -0.940. The van der Waals surface area contributed by atoms with E-state index in [2.05, 4.69) is 17.1 Å². The first kappa shape index (κ1) is 17.0. The van der Waals surface area contributed by atoms with Crippen LogP contribution in [0.3, 0.4) is 0 Å². The van der Waals surface area contributed by atoms with E-state index in [0.717, 1.165) is 38.8 Å². The van der Waals surface area contributed by atoms with Gasteiger partial charge in [-0.25, -0.2) is 4.79 Å². The van der Waals surface area contributed by atoms with Crippen LogP contribution in [-0.4, -0.2) is 47.1 Å². The number of carbonyl (C=O) groups excluding carboxylic acids is 1. The van der Waals surface area contributed by atoms with Crippen LogP contribution in [0.15, 0.2) is 0 Å². The first-order valence-corrected chi connectivity index (χ1v) is 7.73. The third-order valence-electron chi connectivity index (χ3n) is 3.75. The van der Waals surface area contributed by atoms with Crippen molar-refractivity contribution in [2.75, 3.05) is 13.1 Å². The van der Waals surface area contributed by atoms with Crippen molar-refractivity contribution in [3.63, 3.8) is 0 Å². The molecule has 0 aromatic heterocycles. The van der Waals surface area contributed by atoms with Crippen molar-refractivity contribution in [2.45, 2.75) is 65.0 Å². The highest BCUT2D eigenvalue weighted by molar-refractivity contribution is 5.87. The smallest absolute Gasteiger partial charge is 0.326 e. The van der Waals surface area contributed by atoms with Gasteiger partial charge in [-0.2, -0.15) is 0 Å². The minimum absolute atomic E-state index is 0.119. The number of aliphatic carboxylic acids is 1. The summed E-state index contributed by atoms with van der Waals surface area (Å²) in [4.78, 5) is 25.8. The molecule has 1 fully saturated rings. The van der Waals surface area contributed by atoms with Gasteiger partial charge >= 0.3 is 5.97 Å². The molecule has 1 rings (SSSR count). The van der Waals surface area contributed by atoms with Gasteiger partial charge in [0.15, 0.2) is 0 Å². The zero-order valence-corrected chi connectivity index (χ0v) is 12.9. The number of nitrogens with zero attached hydrogens (tertiary/aromatic N) is 1. The van der Waals surface area contributed by atoms with E-state index in [4.69, 9.17) is 0 Å². The lowest BCUT2D eigenvalue weighted by Crippen LogP contribution is -2.53. The summed E-state index contributed by atoms with van der Waals surface area (Å²) < 4.78 is 0. The lowest BCUT2D eigenvalue weighted by atomic mass is 9.99. The maximum atomic E-state index is 12.4. The van der Waals surface area contributed by atoms with Gasteiger partial charge in [0.25, 0.3) is 0 Å². The van der Waals surface area contributed by atoms with Crippen molar-refractivity contribution in [2.24, 2.45) is 5.92 Å². The second-order valence-corrected chi connectivity index (χ2v) is 6.08. The van der Waals surface area contributed by atoms with Gasteiger partial charge in [-0.05, 0) is 44.7 Å². The van der Waals surface area contributed by atoms with E-state index in [1.807, 2.05) is 13.8 Å². The van der Waals surface area contributed by atoms with Crippen LogP contribution in [0.25, 0.3) is 0 Å². The van der Waals surface area contributed by atoms with E-state index in [1.54, 1.807) is 0 Å². The highest BCUT2D eigenvalue weighted by atomic mass is 16.4. The van der Waals surface area contributed by atoms with Crippen molar-refractivity contribution in [3.05, 3.63) is 0 Å². The summed E-state index contributed by atoms with van der Waals surface area (Å²) in [7, 11) is 0. The molecule has 1 aliphatic rings. The topological polar surface area (TPSA) is 69.6 Å². The standard InChI is InChI=1S/C15H28N2O3/c1-4-8-17-9-6-5-7-13(17)14(18)16-12(15(19)20)10-11(2)3/h11-13H,4-10H2,1-3H3,(H,16,18)(H,19,20)/t12-,13?/m1/s1. The second-order valence-electron chi connectivity index (χ2n) is 6.08. The van der Waals surface area contributed by atoms with Crippen LogP contribution in [0.4, 0.5) is 0 Å². The molecule has 1 saturated heterocycles. The molecule has 0 spiro atoms. The van der Waals surface area contributed by atoms with E-state index in [9.17, 15) is 14.7 Å². The quantitative estimate of drug-likeness (QED) is 0.749. The van der Waals surface area contributed by atoms with Crippen LogP contribution >= 0.6 is 0 Å². The molecule has 2 N–H and O–H groups in total. The number of likely N-dealkylation sites (tertiary alicyclic amines) is 1. The number of carboxylic acid groups (broad SMARTS) is 1. The normalized spacial score (nSPS) is 21.7. The van der Waals surface area contributed by atoms with Gasteiger partial charge in [0.2, 0.25) is 5.91 Å². The van der Waals surface area contributed by atoms with Gasteiger partial charge in [0.05, 0.1) is 6.04 Å². The molecular formula is C15H28N2O3. The Labute approximate surface area is 121 Å². The average Bonchev–Trinajstić information content (AvgIpc) is 2.38. The Kier molecular flexibility index (Phi) is 6.99. The number of amides is 1. The van der Waals surface area contributed by atoms with Crippen molar-refractivity contribution in [3.8, 4) is 0 Å². The van der Waals surface area contributed by atoms with Crippen LogP contribution in [0, 0.1) is 5.92 Å². The van der Waals surface area contributed by atoms with Crippen LogP contribution < -0.4 is 5.32 Å². The molecular weight excluding hydrogens is 256 g/mol. The fourth-order valence-corrected chi connectivity index (χ4v) is 2.80. The van der Waals surface area contributed by atoms with E-state index in [-0.39, 0.29) is 17.9 Å². The first-order valence-electron chi connectivity index (χ1n) is 7.73. The molecule has 0 aromatic carbocycles. The monoisotopic (exact) mass is 284 g/mol. The molecule has 1 unspecified atom stereocenters. The first-order chi connectivity index (χ1) is 9.45. The molecule has 0 aromatic rings. The summed E-state index contributed by atoms with van der Waals surface area (Å²) in [6.07, 6.45) is 4.48. The van der Waals surface area contributed by atoms with Gasteiger partial charge in [0.1, 0.15) is 6.04 Å². The summed E-state index contributed by atoms with van der Waals surface area (Å²) in [5.74, 6) is -0.814. The van der Waals surface area contributed by atoms with Crippen LogP contribution in [0.5, 0.6) is 0 Å². The third-order valence-corrected chi connectivity index (χ3v) is 3.75. The van der Waals surface area contributed by atoms with Crippen LogP contribution in [-0.2, 0) is 9.59 Å². The Balaban J connectivity index is 2.63. The average molecular weight is 284 g/mol. The molecule has 1 amide bonds.